The highest BCUT2D eigenvalue weighted by atomic mass is 32.1. The quantitative estimate of drug-likeness (QED) is 0.776. The number of anilines is 1. The van der Waals surface area contributed by atoms with E-state index in [1.807, 2.05) is 22.3 Å². The predicted molar refractivity (Wildman–Crippen MR) is 102 cm³/mol. The number of carbonyl (C=O) groups is 1. The van der Waals surface area contributed by atoms with Gasteiger partial charge in [-0.15, -0.1) is 11.3 Å². The van der Waals surface area contributed by atoms with Gasteiger partial charge in [-0.1, -0.05) is 6.42 Å². The van der Waals surface area contributed by atoms with Gasteiger partial charge >= 0.3 is 0 Å². The Morgan fingerprint density at radius 3 is 2.80 bits per heavy atom. The Morgan fingerprint density at radius 1 is 1.20 bits per heavy atom. The zero-order chi connectivity index (χ0) is 17.0. The fraction of sp³-hybridized carbons (Fsp3) is 0.600. The van der Waals surface area contributed by atoms with Crippen molar-refractivity contribution in [3.8, 4) is 0 Å². The summed E-state index contributed by atoms with van der Waals surface area (Å²) in [6, 6.07) is 7.80. The minimum atomic E-state index is 0.238. The number of hydrogen-bond donors (Lipinski definition) is 0. The van der Waals surface area contributed by atoms with E-state index in [0.717, 1.165) is 29.8 Å². The number of fused-ring (bicyclic) bond motifs is 1. The molecule has 132 valence electrons. The van der Waals surface area contributed by atoms with Crippen LogP contribution in [0.1, 0.15) is 56.4 Å². The smallest absolute Gasteiger partial charge is 0.228 e. The molecule has 5 heteroatoms. The maximum Gasteiger partial charge on any atom is 0.228 e. The van der Waals surface area contributed by atoms with Crippen LogP contribution in [0.15, 0.2) is 18.2 Å². The lowest BCUT2D eigenvalue weighted by Gasteiger charge is -2.47. The van der Waals surface area contributed by atoms with Gasteiger partial charge in [0.25, 0.3) is 0 Å². The van der Waals surface area contributed by atoms with E-state index in [9.17, 15) is 4.79 Å². The molecular weight excluding hydrogens is 330 g/mol. The van der Waals surface area contributed by atoms with E-state index in [-0.39, 0.29) is 5.91 Å². The number of amides is 1. The van der Waals surface area contributed by atoms with Gasteiger partial charge in [-0.05, 0) is 57.4 Å². The predicted octanol–water partition coefficient (Wildman–Crippen LogP) is 4.15. The Hall–Kier alpha value is -1.46. The van der Waals surface area contributed by atoms with E-state index in [2.05, 4.69) is 24.0 Å². The third-order valence-corrected chi connectivity index (χ3v) is 7.52. The van der Waals surface area contributed by atoms with Crippen LogP contribution in [0.5, 0.6) is 0 Å². The molecule has 25 heavy (non-hydrogen) atoms. The summed E-state index contributed by atoms with van der Waals surface area (Å²) >= 11 is 1.83. The molecule has 0 N–H and O–H groups in total. The number of hydrogen-bond acceptors (Lipinski definition) is 4. The molecule has 2 saturated heterocycles. The molecule has 1 amide bonds. The molecule has 2 aromatic rings. The Bertz CT molecular complexity index is 810. The molecule has 3 fully saturated rings. The molecule has 4 nitrogen and oxygen atoms in total. The number of carbonyl (C=O) groups excluding carboxylic acids is 1. The van der Waals surface area contributed by atoms with Gasteiger partial charge in [-0.25, -0.2) is 4.98 Å². The fourth-order valence-electron chi connectivity index (χ4n) is 4.58. The van der Waals surface area contributed by atoms with Crippen LogP contribution in [0, 0.1) is 0 Å². The third-order valence-electron chi connectivity index (χ3n) is 6.34. The molecule has 5 rings (SSSR count). The van der Waals surface area contributed by atoms with Gasteiger partial charge in [0, 0.05) is 36.7 Å². The molecule has 0 radical (unpaired) electrons. The number of thiazole rings is 1. The van der Waals surface area contributed by atoms with Gasteiger partial charge in [0.15, 0.2) is 0 Å². The number of piperidine rings is 1. The molecule has 0 bridgehead atoms. The van der Waals surface area contributed by atoms with Crippen molar-refractivity contribution in [1.82, 2.24) is 9.88 Å². The van der Waals surface area contributed by atoms with Crippen molar-refractivity contribution in [1.29, 1.82) is 0 Å². The zero-order valence-electron chi connectivity index (χ0n) is 14.8. The molecule has 1 aromatic carbocycles. The molecule has 0 unspecified atom stereocenters. The lowest BCUT2D eigenvalue weighted by molar-refractivity contribution is -0.122. The Labute approximate surface area is 152 Å². The average molecular weight is 356 g/mol. The van der Waals surface area contributed by atoms with Gasteiger partial charge in [0.05, 0.1) is 15.2 Å². The largest absolute Gasteiger partial charge is 0.312 e. The van der Waals surface area contributed by atoms with Crippen molar-refractivity contribution in [2.75, 3.05) is 18.0 Å². The Kier molecular flexibility index (Phi) is 3.82. The van der Waals surface area contributed by atoms with Crippen LogP contribution < -0.4 is 4.90 Å². The van der Waals surface area contributed by atoms with Gasteiger partial charge in [-0.2, -0.15) is 0 Å². The molecule has 2 aliphatic heterocycles. The van der Waals surface area contributed by atoms with Gasteiger partial charge in [0.1, 0.15) is 0 Å². The van der Waals surface area contributed by atoms with Crippen molar-refractivity contribution in [3.63, 3.8) is 0 Å². The molecular formula is C20H25N3OS. The van der Waals surface area contributed by atoms with Crippen molar-refractivity contribution in [2.24, 2.45) is 0 Å². The number of aromatic nitrogens is 1. The minimum absolute atomic E-state index is 0.238. The number of rotatable bonds is 3. The first-order valence-electron chi connectivity index (χ1n) is 9.65. The number of likely N-dealkylation sites (tertiary alicyclic amines) is 1. The van der Waals surface area contributed by atoms with E-state index in [1.54, 1.807) is 0 Å². The van der Waals surface area contributed by atoms with Crippen molar-refractivity contribution in [3.05, 3.63) is 23.2 Å². The van der Waals surface area contributed by atoms with Crippen LogP contribution in [0.25, 0.3) is 10.2 Å². The Morgan fingerprint density at radius 2 is 2.08 bits per heavy atom. The van der Waals surface area contributed by atoms with Gasteiger partial charge in [0.2, 0.25) is 5.91 Å². The molecule has 1 atom stereocenters. The normalized spacial score (nSPS) is 30.4. The summed E-state index contributed by atoms with van der Waals surface area (Å²) in [7, 11) is 0. The fourth-order valence-corrected chi connectivity index (χ4v) is 5.71. The van der Waals surface area contributed by atoms with E-state index >= 15 is 0 Å². The van der Waals surface area contributed by atoms with Gasteiger partial charge < -0.3 is 4.90 Å². The van der Waals surface area contributed by atoms with Crippen molar-refractivity contribution in [2.45, 2.75) is 63.5 Å². The molecule has 3 heterocycles. The highest BCUT2D eigenvalue weighted by Gasteiger charge is 2.38. The first-order valence-corrected chi connectivity index (χ1v) is 10.5. The van der Waals surface area contributed by atoms with Crippen LogP contribution in [-0.2, 0) is 4.79 Å². The topological polar surface area (TPSA) is 36.4 Å². The summed E-state index contributed by atoms with van der Waals surface area (Å²) in [6.45, 7) is 4.53. The lowest BCUT2D eigenvalue weighted by atomic mass is 9.78. The number of benzene rings is 1. The maximum absolute atomic E-state index is 11.7. The molecule has 3 aliphatic rings. The third kappa shape index (κ3) is 2.68. The molecule has 0 spiro atoms. The van der Waals surface area contributed by atoms with Crippen molar-refractivity contribution < 1.29 is 4.79 Å². The summed E-state index contributed by atoms with van der Waals surface area (Å²) < 4.78 is 1.22. The van der Waals surface area contributed by atoms with Gasteiger partial charge in [-0.3, -0.25) is 9.69 Å². The van der Waals surface area contributed by atoms with E-state index < -0.39 is 0 Å². The van der Waals surface area contributed by atoms with E-state index in [0.29, 0.717) is 12.3 Å². The highest BCUT2D eigenvalue weighted by Crippen LogP contribution is 2.44. The summed E-state index contributed by atoms with van der Waals surface area (Å²) in [5, 5.41) is 1.29. The highest BCUT2D eigenvalue weighted by molar-refractivity contribution is 7.18. The maximum atomic E-state index is 11.7. The molecule has 1 aromatic heterocycles. The minimum Gasteiger partial charge on any atom is -0.312 e. The second kappa shape index (κ2) is 6.06. The van der Waals surface area contributed by atoms with Crippen molar-refractivity contribution >= 4 is 33.1 Å². The van der Waals surface area contributed by atoms with E-state index in [4.69, 9.17) is 4.98 Å². The second-order valence-electron chi connectivity index (χ2n) is 7.90. The standard InChI is InChI=1S/C20H25N3OS/c1-13-4-2-3-8-22(13)16-10-14(11-16)20-21-17-6-5-15(12-18(17)25-20)23-9-7-19(23)24/h5-6,12-14,16H,2-4,7-11H2,1H3/t13-,14-,16-/m0/s1. The van der Waals surface area contributed by atoms with Crippen LogP contribution in [0.3, 0.4) is 0 Å². The van der Waals surface area contributed by atoms with Crippen LogP contribution in [-0.4, -0.2) is 41.0 Å². The molecule has 1 saturated carbocycles. The SMILES string of the molecule is C[C@H]1CCCCN1[C@H]1C[C@H](c2nc3ccc(N4CCC4=O)cc3s2)C1. The first kappa shape index (κ1) is 15.8. The second-order valence-corrected chi connectivity index (χ2v) is 8.97. The molecule has 1 aliphatic carbocycles. The summed E-state index contributed by atoms with van der Waals surface area (Å²) in [4.78, 5) is 21.2. The number of β-lactam (4-membered cyclic amide) rings is 1. The first-order chi connectivity index (χ1) is 12.2. The zero-order valence-corrected chi connectivity index (χ0v) is 15.6. The summed E-state index contributed by atoms with van der Waals surface area (Å²) in [5.74, 6) is 0.868. The van der Waals surface area contributed by atoms with E-state index in [1.165, 1.54) is 48.4 Å². The van der Waals surface area contributed by atoms with Crippen LogP contribution in [0.2, 0.25) is 0 Å². The van der Waals surface area contributed by atoms with Crippen LogP contribution in [0.4, 0.5) is 5.69 Å². The summed E-state index contributed by atoms with van der Waals surface area (Å²) in [5.41, 5.74) is 2.12. The monoisotopic (exact) mass is 355 g/mol. The lowest BCUT2D eigenvalue weighted by Crippen LogP contribution is -2.50. The number of nitrogens with zero attached hydrogens (tertiary/aromatic N) is 3. The average Bonchev–Trinajstić information content (AvgIpc) is 2.96. The summed E-state index contributed by atoms with van der Waals surface area (Å²) in [6.07, 6.45) is 7.34. The Balaban J connectivity index is 1.30. The van der Waals surface area contributed by atoms with Crippen LogP contribution >= 0.6 is 11.3 Å².